The third-order valence-electron chi connectivity index (χ3n) is 3.33. The average molecular weight is 228 g/mol. The predicted molar refractivity (Wildman–Crippen MR) is 70.7 cm³/mol. The van der Waals surface area contributed by atoms with Crippen molar-refractivity contribution in [3.8, 4) is 0 Å². The van der Waals surface area contributed by atoms with Crippen LogP contribution >= 0.6 is 11.8 Å². The highest BCUT2D eigenvalue weighted by atomic mass is 32.2. The topological polar surface area (TPSA) is 24.4 Å². The van der Waals surface area contributed by atoms with Gasteiger partial charge in [-0.3, -0.25) is 4.99 Å². The molecule has 2 nitrogen and oxygen atoms in total. The molecule has 2 atom stereocenters. The summed E-state index contributed by atoms with van der Waals surface area (Å²) in [4.78, 5) is 4.67. The third kappa shape index (κ3) is 4.06. The van der Waals surface area contributed by atoms with Crippen molar-refractivity contribution in [2.45, 2.75) is 52.5 Å². The van der Waals surface area contributed by atoms with Gasteiger partial charge in [0.1, 0.15) is 0 Å². The Balaban J connectivity index is 2.48. The van der Waals surface area contributed by atoms with Crippen LogP contribution in [0.3, 0.4) is 0 Å². The van der Waals surface area contributed by atoms with Gasteiger partial charge < -0.3 is 5.32 Å². The van der Waals surface area contributed by atoms with Gasteiger partial charge in [-0.15, -0.1) is 0 Å². The molecule has 1 N–H and O–H groups in total. The molecule has 0 amide bonds. The maximum absolute atomic E-state index is 4.67. The first-order valence-electron chi connectivity index (χ1n) is 6.05. The van der Waals surface area contributed by atoms with Crippen LogP contribution in [0.15, 0.2) is 4.99 Å². The smallest absolute Gasteiger partial charge is 0.156 e. The van der Waals surface area contributed by atoms with Crippen LogP contribution in [0.2, 0.25) is 0 Å². The highest BCUT2D eigenvalue weighted by Gasteiger charge is 2.27. The monoisotopic (exact) mass is 228 g/mol. The van der Waals surface area contributed by atoms with Gasteiger partial charge in [-0.05, 0) is 25.7 Å². The molecule has 0 aromatic carbocycles. The Labute approximate surface area is 98.3 Å². The van der Waals surface area contributed by atoms with E-state index >= 15 is 0 Å². The van der Waals surface area contributed by atoms with E-state index in [0.717, 1.165) is 11.7 Å². The lowest BCUT2D eigenvalue weighted by Gasteiger charge is -2.35. The summed E-state index contributed by atoms with van der Waals surface area (Å²) in [6.45, 7) is 9.99. The molecule has 88 valence electrons. The van der Waals surface area contributed by atoms with Crippen LogP contribution in [-0.2, 0) is 0 Å². The summed E-state index contributed by atoms with van der Waals surface area (Å²) < 4.78 is 0. The summed E-state index contributed by atoms with van der Waals surface area (Å²) in [5.74, 6) is 1.91. The molecule has 0 aromatic rings. The fourth-order valence-electron chi connectivity index (χ4n) is 1.45. The Morgan fingerprint density at radius 3 is 2.87 bits per heavy atom. The molecule has 1 aliphatic rings. The van der Waals surface area contributed by atoms with Crippen molar-refractivity contribution in [2.75, 3.05) is 12.3 Å². The van der Waals surface area contributed by atoms with Gasteiger partial charge in [-0.1, -0.05) is 39.0 Å². The van der Waals surface area contributed by atoms with Crippen molar-refractivity contribution in [3.63, 3.8) is 0 Å². The van der Waals surface area contributed by atoms with E-state index in [9.17, 15) is 0 Å². The quantitative estimate of drug-likeness (QED) is 0.798. The molecular formula is C12H24N2S. The first-order valence-corrected chi connectivity index (χ1v) is 7.03. The zero-order chi connectivity index (χ0) is 11.3. The molecule has 1 saturated heterocycles. The summed E-state index contributed by atoms with van der Waals surface area (Å²) in [6, 6.07) is 0. The summed E-state index contributed by atoms with van der Waals surface area (Å²) in [6.07, 6.45) is 3.64. The van der Waals surface area contributed by atoms with Gasteiger partial charge in [-0.2, -0.15) is 0 Å². The van der Waals surface area contributed by atoms with Gasteiger partial charge in [0.25, 0.3) is 0 Å². The molecule has 1 fully saturated rings. The lowest BCUT2D eigenvalue weighted by atomic mass is 9.96. The molecule has 2 unspecified atom stereocenters. The van der Waals surface area contributed by atoms with Gasteiger partial charge >= 0.3 is 0 Å². The van der Waals surface area contributed by atoms with Crippen LogP contribution in [0, 0.1) is 5.92 Å². The summed E-state index contributed by atoms with van der Waals surface area (Å²) in [5, 5.41) is 4.73. The standard InChI is InChI=1S/C12H24N2S/c1-5-10(3)9-13-11-14-12(4,6-2)7-8-15-11/h10H,5-9H2,1-4H3,(H,13,14). The molecule has 1 rings (SSSR count). The first-order chi connectivity index (χ1) is 7.09. The lowest BCUT2D eigenvalue weighted by Crippen LogP contribution is -2.48. The maximum atomic E-state index is 4.67. The summed E-state index contributed by atoms with van der Waals surface area (Å²) in [7, 11) is 0. The molecule has 0 spiro atoms. The minimum atomic E-state index is 0.277. The first kappa shape index (κ1) is 12.9. The predicted octanol–water partition coefficient (Wildman–Crippen LogP) is 3.28. The number of nitrogens with one attached hydrogen (secondary N) is 1. The number of hydrogen-bond donors (Lipinski definition) is 1. The Hall–Kier alpha value is -0.180. The second-order valence-corrected chi connectivity index (χ2v) is 5.88. The summed E-state index contributed by atoms with van der Waals surface area (Å²) in [5.41, 5.74) is 0.277. The second-order valence-electron chi connectivity index (χ2n) is 4.80. The van der Waals surface area contributed by atoms with Crippen LogP contribution in [0.5, 0.6) is 0 Å². The SMILES string of the molecule is CCC(C)CN=C1NC(C)(CC)CCS1. The summed E-state index contributed by atoms with van der Waals surface area (Å²) >= 11 is 1.87. The Morgan fingerprint density at radius 2 is 2.27 bits per heavy atom. The van der Waals surface area contributed by atoms with Crippen molar-refractivity contribution in [1.82, 2.24) is 5.32 Å². The van der Waals surface area contributed by atoms with Crippen LogP contribution in [-0.4, -0.2) is 23.0 Å². The van der Waals surface area contributed by atoms with Crippen LogP contribution < -0.4 is 5.32 Å². The van der Waals surface area contributed by atoms with E-state index in [-0.39, 0.29) is 5.54 Å². The average Bonchev–Trinajstić information content (AvgIpc) is 2.26. The lowest BCUT2D eigenvalue weighted by molar-refractivity contribution is 0.389. The van der Waals surface area contributed by atoms with Crippen LogP contribution in [0.25, 0.3) is 0 Å². The maximum Gasteiger partial charge on any atom is 0.156 e. The van der Waals surface area contributed by atoms with Gasteiger partial charge in [0.2, 0.25) is 0 Å². The zero-order valence-corrected chi connectivity index (χ0v) is 11.3. The zero-order valence-electron chi connectivity index (χ0n) is 10.5. The van der Waals surface area contributed by atoms with Crippen LogP contribution in [0.4, 0.5) is 0 Å². The number of hydrogen-bond acceptors (Lipinski definition) is 2. The van der Waals surface area contributed by atoms with E-state index in [2.05, 4.69) is 38.0 Å². The van der Waals surface area contributed by atoms with Crippen molar-refractivity contribution in [1.29, 1.82) is 0 Å². The largest absolute Gasteiger partial charge is 0.360 e. The van der Waals surface area contributed by atoms with E-state index in [0.29, 0.717) is 5.92 Å². The van der Waals surface area contributed by atoms with Gasteiger partial charge in [0, 0.05) is 17.8 Å². The third-order valence-corrected chi connectivity index (χ3v) is 4.24. The molecule has 0 saturated carbocycles. The number of rotatable bonds is 4. The van der Waals surface area contributed by atoms with Crippen molar-refractivity contribution < 1.29 is 0 Å². The minimum absolute atomic E-state index is 0.277. The number of aliphatic imine (C=N–C) groups is 1. The molecule has 1 aliphatic heterocycles. The normalized spacial score (nSPS) is 31.3. The van der Waals surface area contributed by atoms with E-state index in [1.807, 2.05) is 11.8 Å². The minimum Gasteiger partial charge on any atom is -0.360 e. The van der Waals surface area contributed by atoms with Gasteiger partial charge in [-0.25, -0.2) is 0 Å². The second kappa shape index (κ2) is 5.78. The molecule has 0 aromatic heterocycles. The molecule has 0 radical (unpaired) electrons. The number of nitrogens with zero attached hydrogens (tertiary/aromatic N) is 1. The van der Waals surface area contributed by atoms with Crippen molar-refractivity contribution >= 4 is 16.9 Å². The van der Waals surface area contributed by atoms with Crippen molar-refractivity contribution in [3.05, 3.63) is 0 Å². The molecule has 0 bridgehead atoms. The highest BCUT2D eigenvalue weighted by molar-refractivity contribution is 8.13. The van der Waals surface area contributed by atoms with Crippen molar-refractivity contribution in [2.24, 2.45) is 10.9 Å². The molecule has 3 heteroatoms. The number of amidine groups is 1. The Bertz CT molecular complexity index is 228. The number of thioether (sulfide) groups is 1. The van der Waals surface area contributed by atoms with E-state index < -0.39 is 0 Å². The molecule has 0 aliphatic carbocycles. The molecule has 15 heavy (non-hydrogen) atoms. The van der Waals surface area contributed by atoms with E-state index in [1.54, 1.807) is 0 Å². The fourth-order valence-corrected chi connectivity index (χ4v) is 2.68. The molecular weight excluding hydrogens is 204 g/mol. The van der Waals surface area contributed by atoms with Gasteiger partial charge in [0.15, 0.2) is 5.17 Å². The van der Waals surface area contributed by atoms with E-state index in [4.69, 9.17) is 0 Å². The fraction of sp³-hybridized carbons (Fsp3) is 0.917. The van der Waals surface area contributed by atoms with Crippen LogP contribution in [0.1, 0.15) is 47.0 Å². The Morgan fingerprint density at radius 1 is 1.53 bits per heavy atom. The highest BCUT2D eigenvalue weighted by Crippen LogP contribution is 2.24. The molecule has 1 heterocycles. The van der Waals surface area contributed by atoms with Gasteiger partial charge in [0.05, 0.1) is 0 Å². The van der Waals surface area contributed by atoms with E-state index in [1.165, 1.54) is 25.0 Å². The Kier molecular flexibility index (Phi) is 4.97.